The minimum atomic E-state index is -0.248. The van der Waals surface area contributed by atoms with Crippen LogP contribution >= 0.6 is 0 Å². The van der Waals surface area contributed by atoms with E-state index >= 15 is 0 Å². The van der Waals surface area contributed by atoms with Crippen LogP contribution in [-0.4, -0.2) is 30.2 Å². The van der Waals surface area contributed by atoms with Crippen molar-refractivity contribution in [3.05, 3.63) is 12.2 Å². The number of unbranched alkanes of at least 4 members (excludes halogenated alkanes) is 1. The third kappa shape index (κ3) is 7.36. The SMILES string of the molecule is COC(=O)N(CCC/C=C\C(C)(C)C)C(C)(C)C. The molecule has 1 amide bonds. The molecule has 0 radical (unpaired) electrons. The van der Waals surface area contributed by atoms with Crippen LogP contribution in [0.3, 0.4) is 0 Å². The molecule has 0 aliphatic heterocycles. The maximum atomic E-state index is 11.7. The quantitative estimate of drug-likeness (QED) is 0.555. The van der Waals surface area contributed by atoms with Crippen LogP contribution in [0.1, 0.15) is 54.4 Å². The molecule has 3 nitrogen and oxygen atoms in total. The van der Waals surface area contributed by atoms with Gasteiger partial charge in [0.1, 0.15) is 0 Å². The van der Waals surface area contributed by atoms with E-state index in [-0.39, 0.29) is 17.0 Å². The lowest BCUT2D eigenvalue weighted by atomic mass is 9.96. The Bertz CT molecular complexity index is 282. The third-order valence-electron chi connectivity index (χ3n) is 2.58. The number of hydrogen-bond acceptors (Lipinski definition) is 2. The zero-order valence-corrected chi connectivity index (χ0v) is 13.0. The summed E-state index contributed by atoms with van der Waals surface area (Å²) in [6.07, 6.45) is 6.10. The van der Waals surface area contributed by atoms with E-state index < -0.39 is 0 Å². The Balaban J connectivity index is 4.23. The number of methoxy groups -OCH3 is 1. The van der Waals surface area contributed by atoms with Gasteiger partial charge in [-0.2, -0.15) is 0 Å². The van der Waals surface area contributed by atoms with E-state index in [0.29, 0.717) is 0 Å². The van der Waals surface area contributed by atoms with E-state index in [9.17, 15) is 4.79 Å². The lowest BCUT2D eigenvalue weighted by Crippen LogP contribution is -2.46. The molecule has 0 spiro atoms. The average Bonchev–Trinajstić information content (AvgIpc) is 2.18. The molecule has 106 valence electrons. The summed E-state index contributed by atoms with van der Waals surface area (Å²) in [5, 5.41) is 0. The highest BCUT2D eigenvalue weighted by molar-refractivity contribution is 5.68. The first-order valence-electron chi connectivity index (χ1n) is 6.61. The molecule has 0 aromatic rings. The van der Waals surface area contributed by atoms with Crippen LogP contribution in [0.2, 0.25) is 0 Å². The molecule has 0 aliphatic carbocycles. The average molecular weight is 255 g/mol. The maximum Gasteiger partial charge on any atom is 0.409 e. The van der Waals surface area contributed by atoms with E-state index in [0.717, 1.165) is 19.4 Å². The first-order valence-corrected chi connectivity index (χ1v) is 6.61. The van der Waals surface area contributed by atoms with Gasteiger partial charge in [-0.05, 0) is 39.0 Å². The van der Waals surface area contributed by atoms with Crippen molar-refractivity contribution in [2.24, 2.45) is 5.41 Å². The summed E-state index contributed by atoms with van der Waals surface area (Å²) in [6, 6.07) is 0. The predicted molar refractivity (Wildman–Crippen MR) is 76.7 cm³/mol. The van der Waals surface area contributed by atoms with Crippen molar-refractivity contribution in [2.75, 3.05) is 13.7 Å². The number of rotatable bonds is 4. The highest BCUT2D eigenvalue weighted by atomic mass is 16.5. The Kier molecular flexibility index (Phi) is 6.44. The van der Waals surface area contributed by atoms with Crippen molar-refractivity contribution in [1.29, 1.82) is 0 Å². The minimum Gasteiger partial charge on any atom is -0.453 e. The molecule has 0 saturated carbocycles. The molecule has 0 aliphatic rings. The summed E-state index contributed by atoms with van der Waals surface area (Å²) in [5.41, 5.74) is 0.0346. The van der Waals surface area contributed by atoms with Gasteiger partial charge in [-0.1, -0.05) is 32.9 Å². The van der Waals surface area contributed by atoms with E-state index in [1.54, 1.807) is 4.90 Å². The molecule has 0 saturated heterocycles. The van der Waals surface area contributed by atoms with Gasteiger partial charge in [0.05, 0.1) is 7.11 Å². The van der Waals surface area contributed by atoms with Crippen LogP contribution < -0.4 is 0 Å². The fourth-order valence-electron chi connectivity index (χ4n) is 1.61. The zero-order valence-electron chi connectivity index (χ0n) is 13.0. The number of hydrogen-bond donors (Lipinski definition) is 0. The van der Waals surface area contributed by atoms with Crippen LogP contribution in [0.5, 0.6) is 0 Å². The molecule has 0 rings (SSSR count). The largest absolute Gasteiger partial charge is 0.453 e. The van der Waals surface area contributed by atoms with Gasteiger partial charge in [0.25, 0.3) is 0 Å². The highest BCUT2D eigenvalue weighted by Gasteiger charge is 2.26. The molecule has 0 unspecified atom stereocenters. The van der Waals surface area contributed by atoms with Crippen LogP contribution in [0.4, 0.5) is 4.79 Å². The molecule has 0 aromatic carbocycles. The van der Waals surface area contributed by atoms with E-state index in [2.05, 4.69) is 32.9 Å². The van der Waals surface area contributed by atoms with Gasteiger partial charge in [0.15, 0.2) is 0 Å². The topological polar surface area (TPSA) is 29.5 Å². The number of ether oxygens (including phenoxy) is 1. The van der Waals surface area contributed by atoms with Gasteiger partial charge in [0.2, 0.25) is 0 Å². The van der Waals surface area contributed by atoms with Crippen molar-refractivity contribution >= 4 is 6.09 Å². The van der Waals surface area contributed by atoms with Crippen molar-refractivity contribution in [3.8, 4) is 0 Å². The van der Waals surface area contributed by atoms with Crippen molar-refractivity contribution in [2.45, 2.75) is 59.9 Å². The number of amides is 1. The number of nitrogens with zero attached hydrogens (tertiary/aromatic N) is 1. The highest BCUT2D eigenvalue weighted by Crippen LogP contribution is 2.17. The van der Waals surface area contributed by atoms with Crippen LogP contribution in [0, 0.1) is 5.41 Å². The molecule has 0 N–H and O–H groups in total. The molecular formula is C15H29NO2. The summed E-state index contributed by atoms with van der Waals surface area (Å²) >= 11 is 0. The lowest BCUT2D eigenvalue weighted by Gasteiger charge is -2.34. The summed E-state index contributed by atoms with van der Waals surface area (Å²) < 4.78 is 4.82. The number of carbonyl (C=O) groups excluding carboxylic acids is 1. The lowest BCUT2D eigenvalue weighted by molar-refractivity contribution is 0.0831. The smallest absolute Gasteiger partial charge is 0.409 e. The first-order chi connectivity index (χ1) is 8.08. The Morgan fingerprint density at radius 2 is 1.72 bits per heavy atom. The normalized spacial score (nSPS) is 12.8. The summed E-state index contributed by atoms with van der Waals surface area (Å²) in [6.45, 7) is 13.3. The third-order valence-corrected chi connectivity index (χ3v) is 2.58. The standard InChI is InChI=1S/C15H29NO2/c1-14(2,3)11-9-8-10-12-16(13(17)18-7)15(4,5)6/h9,11H,8,10,12H2,1-7H3/b11-9-. The van der Waals surface area contributed by atoms with Crippen LogP contribution in [0.25, 0.3) is 0 Å². The molecule has 3 heteroatoms. The Hall–Kier alpha value is -0.990. The molecule has 0 heterocycles. The summed E-state index contributed by atoms with van der Waals surface area (Å²) in [4.78, 5) is 13.4. The second-order valence-corrected chi connectivity index (χ2v) is 6.70. The number of carbonyl (C=O) groups is 1. The van der Waals surface area contributed by atoms with Gasteiger partial charge < -0.3 is 9.64 Å². The monoisotopic (exact) mass is 255 g/mol. The maximum absolute atomic E-state index is 11.7. The molecule has 0 aromatic heterocycles. The first kappa shape index (κ1) is 17.0. The fraction of sp³-hybridized carbons (Fsp3) is 0.800. The van der Waals surface area contributed by atoms with Crippen LogP contribution in [-0.2, 0) is 4.74 Å². The minimum absolute atomic E-state index is 0.194. The molecule has 0 bridgehead atoms. The van der Waals surface area contributed by atoms with Crippen molar-refractivity contribution < 1.29 is 9.53 Å². The van der Waals surface area contributed by atoms with Gasteiger partial charge in [0, 0.05) is 12.1 Å². The number of allylic oxidation sites excluding steroid dienone is 2. The van der Waals surface area contributed by atoms with Gasteiger partial charge >= 0.3 is 6.09 Å². The van der Waals surface area contributed by atoms with E-state index in [1.165, 1.54) is 7.11 Å². The molecule has 0 atom stereocenters. The summed E-state index contributed by atoms with van der Waals surface area (Å²) in [5.74, 6) is 0. The predicted octanol–water partition coefficient (Wildman–Crippen LogP) is 4.24. The second kappa shape index (κ2) is 6.81. The van der Waals surface area contributed by atoms with Gasteiger partial charge in [-0.15, -0.1) is 0 Å². The van der Waals surface area contributed by atoms with Crippen molar-refractivity contribution in [3.63, 3.8) is 0 Å². The fourth-order valence-corrected chi connectivity index (χ4v) is 1.61. The Morgan fingerprint density at radius 1 is 1.17 bits per heavy atom. The Morgan fingerprint density at radius 3 is 2.11 bits per heavy atom. The van der Waals surface area contributed by atoms with Crippen molar-refractivity contribution in [1.82, 2.24) is 4.90 Å². The molecular weight excluding hydrogens is 226 g/mol. The molecule has 18 heavy (non-hydrogen) atoms. The molecule has 0 fully saturated rings. The Labute approximate surface area is 112 Å². The second-order valence-electron chi connectivity index (χ2n) is 6.70. The summed E-state index contributed by atoms with van der Waals surface area (Å²) in [7, 11) is 1.43. The zero-order chi connectivity index (χ0) is 14.4. The van der Waals surface area contributed by atoms with Crippen LogP contribution in [0.15, 0.2) is 12.2 Å². The van der Waals surface area contributed by atoms with Gasteiger partial charge in [-0.25, -0.2) is 4.79 Å². The van der Waals surface area contributed by atoms with Gasteiger partial charge in [-0.3, -0.25) is 0 Å². The van der Waals surface area contributed by atoms with E-state index in [1.807, 2.05) is 20.8 Å². The van der Waals surface area contributed by atoms with E-state index in [4.69, 9.17) is 4.74 Å².